The maximum Gasteiger partial charge on any atom is 0.116 e. The monoisotopic (exact) mass is 312 g/mol. The number of aryl methyl sites for hydroxylation is 2. The van der Waals surface area contributed by atoms with E-state index in [4.69, 9.17) is 14.5 Å². The molecule has 1 atom stereocenters. The van der Waals surface area contributed by atoms with Crippen molar-refractivity contribution in [2.75, 3.05) is 34.0 Å². The molecule has 1 aliphatic carbocycles. The highest BCUT2D eigenvalue weighted by Crippen LogP contribution is 2.37. The quantitative estimate of drug-likeness (QED) is 0.750. The normalized spacial score (nSPS) is 17.8. The van der Waals surface area contributed by atoms with Gasteiger partial charge in [-0.3, -0.25) is 0 Å². The van der Waals surface area contributed by atoms with E-state index in [0.29, 0.717) is 19.1 Å². The summed E-state index contributed by atoms with van der Waals surface area (Å²) in [5.41, 5.74) is 1.10. The van der Waals surface area contributed by atoms with Gasteiger partial charge < -0.3 is 14.8 Å². The first kappa shape index (κ1) is 16.9. The highest BCUT2D eigenvalue weighted by Gasteiger charge is 2.39. The summed E-state index contributed by atoms with van der Waals surface area (Å²) in [5.74, 6) is 0.405. The lowest BCUT2D eigenvalue weighted by atomic mass is 9.87. The highest BCUT2D eigenvalue weighted by atomic mass is 32.1. The van der Waals surface area contributed by atoms with Crippen molar-refractivity contribution in [1.82, 2.24) is 10.3 Å². The third kappa shape index (κ3) is 3.65. The molecule has 1 aromatic heterocycles. The van der Waals surface area contributed by atoms with Crippen LogP contribution in [0.1, 0.15) is 42.3 Å². The molecule has 4 nitrogen and oxygen atoms in total. The van der Waals surface area contributed by atoms with Gasteiger partial charge in [-0.05, 0) is 31.6 Å². The molecule has 0 radical (unpaired) electrons. The van der Waals surface area contributed by atoms with Crippen LogP contribution < -0.4 is 5.32 Å². The molecular formula is C16H28N2O2S. The van der Waals surface area contributed by atoms with Gasteiger partial charge >= 0.3 is 0 Å². The molecule has 1 aliphatic rings. The topological polar surface area (TPSA) is 43.4 Å². The molecule has 1 aromatic rings. The molecule has 1 N–H and O–H groups in total. The van der Waals surface area contributed by atoms with Gasteiger partial charge in [-0.1, -0.05) is 13.8 Å². The Morgan fingerprint density at radius 1 is 1.24 bits per heavy atom. The fraction of sp³-hybridized carbons (Fsp3) is 0.812. The standard InChI is InChI=1S/C16H28N2O2S/c1-12(2)16(11-20-4,17-9-10-19-3)15-18-13-7-5-6-8-14(13)21-15/h12,17H,5-11H2,1-4H3. The van der Waals surface area contributed by atoms with Gasteiger partial charge in [0.1, 0.15) is 5.01 Å². The minimum atomic E-state index is -0.213. The van der Waals surface area contributed by atoms with Crippen molar-refractivity contribution < 1.29 is 9.47 Å². The zero-order chi connectivity index (χ0) is 15.3. The van der Waals surface area contributed by atoms with Gasteiger partial charge in [0.05, 0.1) is 24.4 Å². The molecule has 0 fully saturated rings. The maximum atomic E-state index is 5.55. The van der Waals surface area contributed by atoms with Crippen LogP contribution in [0.3, 0.4) is 0 Å². The molecule has 2 rings (SSSR count). The van der Waals surface area contributed by atoms with Crippen LogP contribution in [0.4, 0.5) is 0 Å². The van der Waals surface area contributed by atoms with Crippen LogP contribution in [0, 0.1) is 5.92 Å². The van der Waals surface area contributed by atoms with E-state index in [1.807, 2.05) is 11.3 Å². The first-order valence-corrected chi connectivity index (χ1v) is 8.67. The van der Waals surface area contributed by atoms with E-state index >= 15 is 0 Å². The number of nitrogens with one attached hydrogen (secondary N) is 1. The van der Waals surface area contributed by atoms with E-state index in [0.717, 1.165) is 13.0 Å². The van der Waals surface area contributed by atoms with Crippen molar-refractivity contribution in [1.29, 1.82) is 0 Å². The lowest BCUT2D eigenvalue weighted by Crippen LogP contribution is -2.51. The molecule has 0 saturated carbocycles. The number of hydrogen-bond donors (Lipinski definition) is 1. The van der Waals surface area contributed by atoms with Gasteiger partial charge in [-0.2, -0.15) is 0 Å². The summed E-state index contributed by atoms with van der Waals surface area (Å²) < 4.78 is 10.7. The second-order valence-corrected chi connectivity index (χ2v) is 7.16. The lowest BCUT2D eigenvalue weighted by molar-refractivity contribution is 0.0687. The summed E-state index contributed by atoms with van der Waals surface area (Å²) in [6.45, 7) is 6.62. The van der Waals surface area contributed by atoms with E-state index in [1.54, 1.807) is 14.2 Å². The van der Waals surface area contributed by atoms with E-state index in [-0.39, 0.29) is 5.54 Å². The molecule has 5 heteroatoms. The molecule has 0 spiro atoms. The fourth-order valence-corrected chi connectivity index (χ4v) is 4.40. The zero-order valence-corrected chi connectivity index (χ0v) is 14.5. The second-order valence-electron chi connectivity index (χ2n) is 6.07. The van der Waals surface area contributed by atoms with Crippen molar-refractivity contribution in [2.24, 2.45) is 5.92 Å². The molecule has 1 heterocycles. The number of aromatic nitrogens is 1. The van der Waals surface area contributed by atoms with Crippen molar-refractivity contribution in [2.45, 2.75) is 45.1 Å². The molecule has 0 amide bonds. The lowest BCUT2D eigenvalue weighted by Gasteiger charge is -2.36. The van der Waals surface area contributed by atoms with E-state index in [2.05, 4.69) is 19.2 Å². The van der Waals surface area contributed by atoms with E-state index in [9.17, 15) is 0 Å². The summed E-state index contributed by atoms with van der Waals surface area (Å²) in [7, 11) is 3.50. The predicted molar refractivity (Wildman–Crippen MR) is 87.0 cm³/mol. The van der Waals surface area contributed by atoms with Crippen LogP contribution in [-0.2, 0) is 27.9 Å². The minimum Gasteiger partial charge on any atom is -0.383 e. The van der Waals surface area contributed by atoms with Crippen molar-refractivity contribution in [3.8, 4) is 0 Å². The minimum absolute atomic E-state index is 0.213. The number of fused-ring (bicyclic) bond motifs is 1. The Labute approximate surface area is 132 Å². The van der Waals surface area contributed by atoms with Crippen molar-refractivity contribution in [3.63, 3.8) is 0 Å². The van der Waals surface area contributed by atoms with Gasteiger partial charge in [0, 0.05) is 25.6 Å². The predicted octanol–water partition coefficient (Wildman–Crippen LogP) is 2.76. The Bertz CT molecular complexity index is 424. The third-order valence-corrected chi connectivity index (χ3v) is 5.67. The highest BCUT2D eigenvalue weighted by molar-refractivity contribution is 7.11. The third-order valence-electron chi connectivity index (χ3n) is 4.33. The number of rotatable bonds is 8. The Balaban J connectivity index is 2.30. The first-order chi connectivity index (χ1) is 10.1. The summed E-state index contributed by atoms with van der Waals surface area (Å²) in [6.07, 6.45) is 4.88. The molecule has 0 aliphatic heterocycles. The van der Waals surface area contributed by atoms with Gasteiger partial charge in [0.2, 0.25) is 0 Å². The Morgan fingerprint density at radius 3 is 2.62 bits per heavy atom. The Morgan fingerprint density at radius 2 is 2.00 bits per heavy atom. The number of thiazole rings is 1. The van der Waals surface area contributed by atoms with Gasteiger partial charge in [-0.15, -0.1) is 11.3 Å². The van der Waals surface area contributed by atoms with Crippen LogP contribution in [0.25, 0.3) is 0 Å². The van der Waals surface area contributed by atoms with Crippen LogP contribution in [-0.4, -0.2) is 39.0 Å². The van der Waals surface area contributed by atoms with Gasteiger partial charge in [0.25, 0.3) is 0 Å². The van der Waals surface area contributed by atoms with Crippen LogP contribution in [0.2, 0.25) is 0 Å². The largest absolute Gasteiger partial charge is 0.383 e. The molecule has 0 saturated heterocycles. The van der Waals surface area contributed by atoms with Crippen molar-refractivity contribution >= 4 is 11.3 Å². The maximum absolute atomic E-state index is 5.55. The van der Waals surface area contributed by atoms with Crippen molar-refractivity contribution in [3.05, 3.63) is 15.6 Å². The summed E-state index contributed by atoms with van der Waals surface area (Å²) in [4.78, 5) is 6.45. The Kier molecular flexibility index (Phi) is 6.17. The fourth-order valence-electron chi connectivity index (χ4n) is 2.95. The SMILES string of the molecule is COCCNC(COC)(c1nc2c(s1)CCCC2)C(C)C. The van der Waals surface area contributed by atoms with Crippen LogP contribution in [0.15, 0.2) is 0 Å². The average Bonchev–Trinajstić information content (AvgIpc) is 2.90. The Hall–Kier alpha value is -0.490. The number of methoxy groups -OCH3 is 2. The van der Waals surface area contributed by atoms with Gasteiger partial charge in [-0.25, -0.2) is 4.98 Å². The van der Waals surface area contributed by atoms with E-state index < -0.39 is 0 Å². The average molecular weight is 312 g/mol. The van der Waals surface area contributed by atoms with Gasteiger partial charge in [0.15, 0.2) is 0 Å². The molecule has 1 unspecified atom stereocenters. The summed E-state index contributed by atoms with van der Waals surface area (Å²) in [6, 6.07) is 0. The smallest absolute Gasteiger partial charge is 0.116 e. The molecule has 0 bridgehead atoms. The van der Waals surface area contributed by atoms with Crippen LogP contribution in [0.5, 0.6) is 0 Å². The summed E-state index contributed by atoms with van der Waals surface area (Å²) >= 11 is 1.87. The second kappa shape index (κ2) is 7.68. The zero-order valence-electron chi connectivity index (χ0n) is 13.7. The molecule has 120 valence electrons. The first-order valence-electron chi connectivity index (χ1n) is 7.86. The summed E-state index contributed by atoms with van der Waals surface area (Å²) in [5, 5.41) is 4.84. The number of ether oxygens (including phenoxy) is 2. The number of nitrogens with zero attached hydrogens (tertiary/aromatic N) is 1. The molecule has 21 heavy (non-hydrogen) atoms. The van der Waals surface area contributed by atoms with Crippen LogP contribution >= 0.6 is 11.3 Å². The number of hydrogen-bond acceptors (Lipinski definition) is 5. The molecular weight excluding hydrogens is 284 g/mol. The van der Waals surface area contributed by atoms with E-state index in [1.165, 1.54) is 34.8 Å². The molecule has 0 aromatic carbocycles.